The summed E-state index contributed by atoms with van der Waals surface area (Å²) in [6.07, 6.45) is 1.52. The van der Waals surface area contributed by atoms with Gasteiger partial charge in [-0.15, -0.1) is 0 Å². The van der Waals surface area contributed by atoms with E-state index in [-0.39, 0.29) is 22.5 Å². The molecule has 1 saturated heterocycles. The highest BCUT2D eigenvalue weighted by molar-refractivity contribution is 9.10. The number of nitrogens with one attached hydrogen (secondary N) is 2. The molecule has 10 nitrogen and oxygen atoms in total. The van der Waals surface area contributed by atoms with Crippen molar-refractivity contribution in [3.8, 4) is 11.5 Å². The van der Waals surface area contributed by atoms with Crippen LogP contribution in [-0.4, -0.2) is 59.2 Å². The number of aromatic nitrogens is 3. The van der Waals surface area contributed by atoms with Crippen LogP contribution in [0.3, 0.4) is 0 Å². The lowest BCUT2D eigenvalue weighted by atomic mass is 10.2. The molecular weight excluding hydrogens is 573 g/mol. The molecule has 1 fully saturated rings. The highest BCUT2D eigenvalue weighted by atomic mass is 79.9. The number of hydrogen-bond acceptors (Lipinski definition) is 10. The normalized spacial score (nSPS) is 13.8. The summed E-state index contributed by atoms with van der Waals surface area (Å²) < 4.78 is 11.7. The van der Waals surface area contributed by atoms with E-state index < -0.39 is 0 Å². The first-order chi connectivity index (χ1) is 17.3. The lowest BCUT2D eigenvalue weighted by Crippen LogP contribution is -2.37. The second-order valence-corrected chi connectivity index (χ2v) is 9.41. The van der Waals surface area contributed by atoms with Crippen molar-refractivity contribution in [3.05, 3.63) is 49.9 Å². The molecule has 2 aromatic carbocycles. The number of aromatic hydroxyl groups is 1. The quantitative estimate of drug-likeness (QED) is 0.233. The van der Waals surface area contributed by atoms with Crippen LogP contribution in [0.25, 0.3) is 0 Å². The Morgan fingerprint density at radius 1 is 1.14 bits per heavy atom. The Kier molecular flexibility index (Phi) is 8.68. The molecule has 1 aromatic heterocycles. The summed E-state index contributed by atoms with van der Waals surface area (Å²) in [4.78, 5) is 15.6. The van der Waals surface area contributed by atoms with Gasteiger partial charge >= 0.3 is 0 Å². The molecule has 0 unspecified atom stereocenters. The van der Waals surface area contributed by atoms with E-state index in [1.807, 2.05) is 24.8 Å². The summed E-state index contributed by atoms with van der Waals surface area (Å²) in [6.45, 7) is 6.59. The molecule has 2 heterocycles. The van der Waals surface area contributed by atoms with E-state index in [4.69, 9.17) is 32.7 Å². The Morgan fingerprint density at radius 3 is 2.64 bits per heavy atom. The monoisotopic (exact) mass is 595 g/mol. The third-order valence-corrected chi connectivity index (χ3v) is 6.49. The van der Waals surface area contributed by atoms with E-state index in [9.17, 15) is 5.11 Å². The minimum absolute atomic E-state index is 0.116. The van der Waals surface area contributed by atoms with Crippen LogP contribution in [-0.2, 0) is 4.74 Å². The molecule has 0 radical (unpaired) electrons. The van der Waals surface area contributed by atoms with Crippen molar-refractivity contribution < 1.29 is 14.6 Å². The molecule has 190 valence electrons. The van der Waals surface area contributed by atoms with Gasteiger partial charge in [0.25, 0.3) is 0 Å². The minimum atomic E-state index is -0.116. The molecule has 0 bridgehead atoms. The summed E-state index contributed by atoms with van der Waals surface area (Å²) in [5, 5.41) is 18.2. The first-order valence-electron chi connectivity index (χ1n) is 11.1. The molecule has 3 aromatic rings. The average molecular weight is 597 g/mol. The van der Waals surface area contributed by atoms with Crippen LogP contribution in [0.2, 0.25) is 10.0 Å². The maximum atomic E-state index is 10.0. The van der Waals surface area contributed by atoms with Crippen molar-refractivity contribution in [3.63, 3.8) is 0 Å². The Morgan fingerprint density at radius 2 is 1.89 bits per heavy atom. The minimum Gasteiger partial charge on any atom is -0.503 e. The number of benzene rings is 2. The van der Waals surface area contributed by atoms with Gasteiger partial charge in [-0.25, -0.2) is 5.43 Å². The van der Waals surface area contributed by atoms with Gasteiger partial charge in [0.2, 0.25) is 17.8 Å². The standard InChI is InChI=1S/C23H24BrCl2N7O3/c1-3-36-19-10-14(9-17(26)20(19)34)12-27-32-22-29-21(28-18-11-16(25)13(2)8-15(18)24)30-23(31-22)33-4-6-35-7-5-33/h8-12,34H,3-7H2,1-2H3,(H2,28,29,30,31,32)/b27-12-. The van der Waals surface area contributed by atoms with Crippen molar-refractivity contribution in [1.82, 2.24) is 15.0 Å². The number of phenolic OH excluding ortho intramolecular Hbond substituents is 1. The van der Waals surface area contributed by atoms with Crippen molar-refractivity contribution in [2.24, 2.45) is 5.10 Å². The summed E-state index contributed by atoms with van der Waals surface area (Å²) in [5.41, 5.74) is 5.11. The number of aryl methyl sites for hydroxylation is 1. The van der Waals surface area contributed by atoms with E-state index in [1.54, 1.807) is 18.2 Å². The largest absolute Gasteiger partial charge is 0.503 e. The van der Waals surface area contributed by atoms with Crippen molar-refractivity contribution >= 4 is 68.9 Å². The molecule has 36 heavy (non-hydrogen) atoms. The van der Waals surface area contributed by atoms with Crippen LogP contribution in [0.15, 0.2) is 33.8 Å². The van der Waals surface area contributed by atoms with E-state index in [2.05, 4.69) is 46.7 Å². The fraction of sp³-hybridized carbons (Fsp3) is 0.304. The number of hydrazone groups is 1. The lowest BCUT2D eigenvalue weighted by Gasteiger charge is -2.27. The van der Waals surface area contributed by atoms with Gasteiger partial charge in [0.1, 0.15) is 0 Å². The second kappa shape index (κ2) is 11.9. The summed E-state index contributed by atoms with van der Waals surface area (Å²) in [5.74, 6) is 1.18. The Balaban J connectivity index is 1.60. The fourth-order valence-corrected chi connectivity index (χ4v) is 4.28. The van der Waals surface area contributed by atoms with Crippen LogP contribution in [0, 0.1) is 6.92 Å². The predicted molar refractivity (Wildman–Crippen MR) is 146 cm³/mol. The maximum Gasteiger partial charge on any atom is 0.250 e. The zero-order chi connectivity index (χ0) is 25.7. The molecule has 0 atom stereocenters. The number of rotatable bonds is 8. The third kappa shape index (κ3) is 6.47. The summed E-state index contributed by atoms with van der Waals surface area (Å²) in [6, 6.07) is 6.92. The Hall–Kier alpha value is -2.86. The first-order valence-corrected chi connectivity index (χ1v) is 12.6. The Labute approximate surface area is 226 Å². The fourth-order valence-electron chi connectivity index (χ4n) is 3.34. The Bertz CT molecular complexity index is 1270. The van der Waals surface area contributed by atoms with Crippen molar-refractivity contribution in [1.29, 1.82) is 0 Å². The summed E-state index contributed by atoms with van der Waals surface area (Å²) in [7, 11) is 0. The van der Waals surface area contributed by atoms with Gasteiger partial charge in [0.15, 0.2) is 11.5 Å². The van der Waals surface area contributed by atoms with Crippen LogP contribution < -0.4 is 20.4 Å². The lowest BCUT2D eigenvalue weighted by molar-refractivity contribution is 0.122. The van der Waals surface area contributed by atoms with E-state index >= 15 is 0 Å². The second-order valence-electron chi connectivity index (χ2n) is 7.74. The van der Waals surface area contributed by atoms with Gasteiger partial charge in [0.05, 0.1) is 36.7 Å². The number of anilines is 4. The number of halogens is 3. The molecule has 0 spiro atoms. The molecule has 1 aliphatic rings. The van der Waals surface area contributed by atoms with Gasteiger partial charge in [-0.3, -0.25) is 0 Å². The van der Waals surface area contributed by atoms with Gasteiger partial charge in [-0.05, 0) is 65.2 Å². The SMILES string of the molecule is CCOc1cc(/C=N\Nc2nc(Nc3cc(Cl)c(C)cc3Br)nc(N3CCOCC3)n2)cc(Cl)c1O. The van der Waals surface area contributed by atoms with Gasteiger partial charge in [0, 0.05) is 22.6 Å². The summed E-state index contributed by atoms with van der Waals surface area (Å²) >= 11 is 16.0. The number of nitrogens with zero attached hydrogens (tertiary/aromatic N) is 5. The molecule has 4 rings (SSSR count). The molecule has 0 amide bonds. The molecule has 3 N–H and O–H groups in total. The molecular formula is C23H24BrCl2N7O3. The zero-order valence-corrected chi connectivity index (χ0v) is 22.7. The van der Waals surface area contributed by atoms with Gasteiger partial charge < -0.3 is 24.8 Å². The van der Waals surface area contributed by atoms with Crippen LogP contribution in [0.1, 0.15) is 18.1 Å². The average Bonchev–Trinajstić information content (AvgIpc) is 2.86. The number of hydrogen-bond donors (Lipinski definition) is 3. The number of morpholine rings is 1. The maximum absolute atomic E-state index is 10.0. The third-order valence-electron chi connectivity index (χ3n) is 5.14. The van der Waals surface area contributed by atoms with E-state index in [1.165, 1.54) is 6.21 Å². The highest BCUT2D eigenvalue weighted by Gasteiger charge is 2.17. The van der Waals surface area contributed by atoms with Gasteiger partial charge in [-0.1, -0.05) is 23.2 Å². The topological polar surface area (TPSA) is 117 Å². The molecule has 1 aliphatic heterocycles. The molecule has 0 aliphatic carbocycles. The van der Waals surface area contributed by atoms with Crippen LogP contribution >= 0.6 is 39.1 Å². The van der Waals surface area contributed by atoms with Crippen LogP contribution in [0.5, 0.6) is 11.5 Å². The number of ether oxygens (including phenoxy) is 2. The van der Waals surface area contributed by atoms with Crippen molar-refractivity contribution in [2.45, 2.75) is 13.8 Å². The number of phenols is 1. The van der Waals surface area contributed by atoms with E-state index in [0.717, 1.165) is 10.0 Å². The van der Waals surface area contributed by atoms with E-state index in [0.29, 0.717) is 61.1 Å². The zero-order valence-electron chi connectivity index (χ0n) is 19.6. The predicted octanol–water partition coefficient (Wildman–Crippen LogP) is 5.38. The van der Waals surface area contributed by atoms with Gasteiger partial charge in [-0.2, -0.15) is 20.1 Å². The smallest absolute Gasteiger partial charge is 0.250 e. The van der Waals surface area contributed by atoms with Crippen molar-refractivity contribution in [2.75, 3.05) is 48.6 Å². The molecule has 13 heteroatoms. The van der Waals surface area contributed by atoms with Crippen LogP contribution in [0.4, 0.5) is 23.5 Å². The molecule has 0 saturated carbocycles. The first kappa shape index (κ1) is 26.2. The highest BCUT2D eigenvalue weighted by Crippen LogP contribution is 2.35.